The Morgan fingerprint density at radius 1 is 1.55 bits per heavy atom. The zero-order chi connectivity index (χ0) is 13.8. The van der Waals surface area contributed by atoms with Gasteiger partial charge < -0.3 is 10.6 Å². The third-order valence-electron chi connectivity index (χ3n) is 3.65. The summed E-state index contributed by atoms with van der Waals surface area (Å²) in [7, 11) is 0. The maximum atomic E-state index is 12.5. The summed E-state index contributed by atoms with van der Waals surface area (Å²) in [5, 5.41) is 0.598. The normalized spacial score (nSPS) is 18.8. The molecule has 1 atom stereocenters. The van der Waals surface area contributed by atoms with Crippen LogP contribution in [0.15, 0.2) is 6.20 Å². The molecule has 1 saturated heterocycles. The van der Waals surface area contributed by atoms with Gasteiger partial charge in [0.1, 0.15) is 0 Å². The average Bonchev–Trinajstić information content (AvgIpc) is 3.00. The van der Waals surface area contributed by atoms with E-state index in [-0.39, 0.29) is 24.4 Å². The van der Waals surface area contributed by atoms with Crippen molar-refractivity contribution < 1.29 is 4.79 Å². The molecule has 20 heavy (non-hydrogen) atoms. The van der Waals surface area contributed by atoms with Gasteiger partial charge in [-0.25, -0.2) is 4.98 Å². The summed E-state index contributed by atoms with van der Waals surface area (Å²) in [5.41, 5.74) is 5.65. The summed E-state index contributed by atoms with van der Waals surface area (Å²) < 4.78 is 0. The fourth-order valence-electron chi connectivity index (χ4n) is 2.64. The van der Waals surface area contributed by atoms with Crippen molar-refractivity contribution in [2.75, 3.05) is 25.4 Å². The molecule has 2 N–H and O–H groups in total. The summed E-state index contributed by atoms with van der Waals surface area (Å²) in [4.78, 5) is 21.8. The van der Waals surface area contributed by atoms with Crippen LogP contribution in [0.25, 0.3) is 0 Å². The Bertz CT molecular complexity index is 436. The maximum Gasteiger partial charge on any atom is 0.239 e. The van der Waals surface area contributed by atoms with Crippen molar-refractivity contribution in [2.24, 2.45) is 0 Å². The number of anilines is 1. The summed E-state index contributed by atoms with van der Waals surface area (Å²) in [5.74, 6) is 0.264. The van der Waals surface area contributed by atoms with Crippen LogP contribution in [-0.2, 0) is 11.3 Å². The molecule has 0 saturated carbocycles. The van der Waals surface area contributed by atoms with Crippen molar-refractivity contribution in [2.45, 2.75) is 39.3 Å². The molecule has 0 bridgehead atoms. The molecule has 0 aliphatic carbocycles. The van der Waals surface area contributed by atoms with E-state index < -0.39 is 0 Å². The predicted octanol–water partition coefficient (Wildman–Crippen LogP) is 1.98. The van der Waals surface area contributed by atoms with E-state index in [4.69, 9.17) is 5.73 Å². The van der Waals surface area contributed by atoms with Crippen LogP contribution >= 0.6 is 23.7 Å². The van der Waals surface area contributed by atoms with Crippen LogP contribution in [0.5, 0.6) is 0 Å². The van der Waals surface area contributed by atoms with Crippen LogP contribution in [-0.4, -0.2) is 46.4 Å². The van der Waals surface area contributed by atoms with Crippen LogP contribution in [0, 0.1) is 0 Å². The lowest BCUT2D eigenvalue weighted by Gasteiger charge is -2.28. The van der Waals surface area contributed by atoms with Crippen molar-refractivity contribution in [1.29, 1.82) is 0 Å². The molecular weight excluding hydrogens is 296 g/mol. The molecule has 1 aliphatic heterocycles. The van der Waals surface area contributed by atoms with Crippen LogP contribution < -0.4 is 5.73 Å². The minimum atomic E-state index is 0. The number of nitrogens with zero attached hydrogens (tertiary/aromatic N) is 3. The second kappa shape index (κ2) is 7.81. The van der Waals surface area contributed by atoms with E-state index in [1.165, 1.54) is 11.3 Å². The molecular formula is C13H23ClN4OS. The molecule has 5 nitrogen and oxygen atoms in total. The average molecular weight is 319 g/mol. The lowest BCUT2D eigenvalue weighted by atomic mass is 10.2. The first-order valence-electron chi connectivity index (χ1n) is 6.88. The number of halogens is 1. The first-order chi connectivity index (χ1) is 9.15. The van der Waals surface area contributed by atoms with Gasteiger partial charge in [-0.3, -0.25) is 9.69 Å². The molecule has 0 aromatic carbocycles. The van der Waals surface area contributed by atoms with Gasteiger partial charge in [-0.15, -0.1) is 23.7 Å². The maximum absolute atomic E-state index is 12.5. The summed E-state index contributed by atoms with van der Waals surface area (Å²) in [6.45, 7) is 7.40. The Kier molecular flexibility index (Phi) is 6.71. The van der Waals surface area contributed by atoms with Crippen LogP contribution in [0.2, 0.25) is 0 Å². The lowest BCUT2D eigenvalue weighted by Crippen LogP contribution is -2.45. The zero-order valence-corrected chi connectivity index (χ0v) is 13.7. The van der Waals surface area contributed by atoms with E-state index in [9.17, 15) is 4.79 Å². The third kappa shape index (κ3) is 3.84. The fourth-order valence-corrected chi connectivity index (χ4v) is 3.35. The third-order valence-corrected chi connectivity index (χ3v) is 4.47. The van der Waals surface area contributed by atoms with Gasteiger partial charge in [0.2, 0.25) is 5.91 Å². The largest absolute Gasteiger partial charge is 0.375 e. The highest BCUT2D eigenvalue weighted by Crippen LogP contribution is 2.24. The molecule has 0 spiro atoms. The smallest absolute Gasteiger partial charge is 0.239 e. The number of likely N-dealkylation sites (N-methyl/N-ethyl adjacent to an activating group) is 1. The zero-order valence-electron chi connectivity index (χ0n) is 12.0. The first-order valence-corrected chi connectivity index (χ1v) is 7.70. The van der Waals surface area contributed by atoms with Gasteiger partial charge in [0.25, 0.3) is 0 Å². The Balaban J connectivity index is 0.00000200. The quantitative estimate of drug-likeness (QED) is 0.901. The fraction of sp³-hybridized carbons (Fsp3) is 0.692. The number of carbonyl (C=O) groups is 1. The SMILES string of the molecule is CCN(CC)C(=O)C1CCCN1Cc1cnc(N)s1.Cl. The van der Waals surface area contributed by atoms with E-state index in [0.717, 1.165) is 43.9 Å². The van der Waals surface area contributed by atoms with Crippen LogP contribution in [0.4, 0.5) is 5.13 Å². The number of amides is 1. The molecule has 1 aromatic heterocycles. The van der Waals surface area contributed by atoms with Crippen molar-refractivity contribution in [3.8, 4) is 0 Å². The second-order valence-corrected chi connectivity index (χ2v) is 5.95. The standard InChI is InChI=1S/C13H22N4OS.ClH/c1-3-16(4-2)12(18)11-6-5-7-17(11)9-10-8-15-13(14)19-10;/h8,11H,3-7,9H2,1-2H3,(H2,14,15);1H. The topological polar surface area (TPSA) is 62.5 Å². The highest BCUT2D eigenvalue weighted by atomic mass is 35.5. The number of nitrogens with two attached hydrogens (primary N) is 1. The van der Waals surface area contributed by atoms with Gasteiger partial charge in [-0.1, -0.05) is 0 Å². The van der Waals surface area contributed by atoms with Gasteiger partial charge in [-0.2, -0.15) is 0 Å². The van der Waals surface area contributed by atoms with Crippen molar-refractivity contribution in [1.82, 2.24) is 14.8 Å². The van der Waals surface area contributed by atoms with Gasteiger partial charge >= 0.3 is 0 Å². The van der Waals surface area contributed by atoms with E-state index >= 15 is 0 Å². The predicted molar refractivity (Wildman–Crippen MR) is 85.1 cm³/mol. The van der Waals surface area contributed by atoms with E-state index in [2.05, 4.69) is 9.88 Å². The van der Waals surface area contributed by atoms with Crippen LogP contribution in [0.1, 0.15) is 31.6 Å². The minimum Gasteiger partial charge on any atom is -0.375 e. The van der Waals surface area contributed by atoms with E-state index in [1.807, 2.05) is 24.9 Å². The van der Waals surface area contributed by atoms with E-state index in [1.54, 1.807) is 0 Å². The number of rotatable bonds is 5. The molecule has 2 rings (SSSR count). The summed E-state index contributed by atoms with van der Waals surface area (Å²) in [6, 6.07) is 0.0308. The Hall–Kier alpha value is -0.850. The second-order valence-electron chi connectivity index (χ2n) is 4.80. The molecule has 1 unspecified atom stereocenters. The molecule has 0 radical (unpaired) electrons. The highest BCUT2D eigenvalue weighted by Gasteiger charge is 2.32. The molecule has 7 heteroatoms. The minimum absolute atomic E-state index is 0. The van der Waals surface area contributed by atoms with Gasteiger partial charge in [-0.05, 0) is 33.2 Å². The number of likely N-dealkylation sites (tertiary alicyclic amines) is 1. The van der Waals surface area contributed by atoms with Gasteiger partial charge in [0, 0.05) is 30.7 Å². The van der Waals surface area contributed by atoms with Gasteiger partial charge in [0.05, 0.1) is 6.04 Å². The Morgan fingerprint density at radius 3 is 2.80 bits per heavy atom. The van der Waals surface area contributed by atoms with Crippen molar-refractivity contribution in [3.05, 3.63) is 11.1 Å². The number of thiazole rings is 1. The number of nitrogen functional groups attached to an aromatic ring is 1. The monoisotopic (exact) mass is 318 g/mol. The van der Waals surface area contributed by atoms with Crippen LogP contribution in [0.3, 0.4) is 0 Å². The molecule has 114 valence electrons. The van der Waals surface area contributed by atoms with Crippen molar-refractivity contribution in [3.63, 3.8) is 0 Å². The molecule has 1 aliphatic rings. The summed E-state index contributed by atoms with van der Waals surface area (Å²) >= 11 is 1.51. The number of hydrogen-bond donors (Lipinski definition) is 1. The summed E-state index contributed by atoms with van der Waals surface area (Å²) in [6.07, 6.45) is 3.87. The molecule has 1 aromatic rings. The molecule has 2 heterocycles. The number of carbonyl (C=O) groups excluding carboxylic acids is 1. The van der Waals surface area contributed by atoms with Crippen molar-refractivity contribution >= 4 is 34.8 Å². The molecule has 1 amide bonds. The molecule has 1 fully saturated rings. The lowest BCUT2D eigenvalue weighted by molar-refractivity contribution is -0.135. The number of hydrogen-bond acceptors (Lipinski definition) is 5. The Morgan fingerprint density at radius 2 is 2.25 bits per heavy atom. The van der Waals surface area contributed by atoms with E-state index in [0.29, 0.717) is 5.13 Å². The first kappa shape index (κ1) is 17.2. The van der Waals surface area contributed by atoms with Gasteiger partial charge in [0.15, 0.2) is 5.13 Å². The highest BCUT2D eigenvalue weighted by molar-refractivity contribution is 7.15. The number of aromatic nitrogens is 1. The Labute approximate surface area is 130 Å².